The molecule has 1 aliphatic heterocycles. The molecule has 0 N–H and O–H groups in total. The van der Waals surface area contributed by atoms with Gasteiger partial charge in [0.25, 0.3) is 0 Å². The molecule has 3 rings (SSSR count). The van der Waals surface area contributed by atoms with E-state index in [9.17, 15) is 4.79 Å². The Morgan fingerprint density at radius 3 is 3.04 bits per heavy atom. The van der Waals surface area contributed by atoms with E-state index >= 15 is 0 Å². The lowest BCUT2D eigenvalue weighted by Gasteiger charge is -2.33. The van der Waals surface area contributed by atoms with Crippen LogP contribution in [0.5, 0.6) is 0 Å². The van der Waals surface area contributed by atoms with Gasteiger partial charge in [-0.1, -0.05) is 29.8 Å². The Morgan fingerprint density at radius 2 is 2.26 bits per heavy atom. The molecule has 4 nitrogen and oxygen atoms in total. The van der Waals surface area contributed by atoms with Gasteiger partial charge < -0.3 is 4.90 Å². The van der Waals surface area contributed by atoms with Crippen molar-refractivity contribution in [1.29, 1.82) is 0 Å². The summed E-state index contributed by atoms with van der Waals surface area (Å²) in [6, 6.07) is 10.6. The maximum absolute atomic E-state index is 12.5. The van der Waals surface area contributed by atoms with E-state index in [1.54, 1.807) is 6.20 Å². The van der Waals surface area contributed by atoms with Crippen LogP contribution in [0.4, 0.5) is 0 Å². The van der Waals surface area contributed by atoms with Crippen molar-refractivity contribution in [3.8, 4) is 0 Å². The molecule has 23 heavy (non-hydrogen) atoms. The normalized spacial score (nSPS) is 18.1. The fraction of sp³-hybridized carbons (Fsp3) is 0.474. The number of carbonyl (C=O) groups is 1. The summed E-state index contributed by atoms with van der Waals surface area (Å²) >= 11 is 0. The van der Waals surface area contributed by atoms with Gasteiger partial charge >= 0.3 is 0 Å². The van der Waals surface area contributed by atoms with Gasteiger partial charge in [0.1, 0.15) is 0 Å². The molecule has 0 radical (unpaired) electrons. The van der Waals surface area contributed by atoms with Gasteiger partial charge in [0.15, 0.2) is 0 Å². The number of likely N-dealkylation sites (tertiary alicyclic amines) is 1. The molecule has 1 amide bonds. The first-order valence-electron chi connectivity index (χ1n) is 8.54. The number of piperidine rings is 1. The molecule has 1 saturated heterocycles. The van der Waals surface area contributed by atoms with Crippen LogP contribution in [0.25, 0.3) is 0 Å². The highest BCUT2D eigenvalue weighted by Crippen LogP contribution is 2.27. The minimum absolute atomic E-state index is 0.287. The molecular formula is C19H25N3O. The van der Waals surface area contributed by atoms with Crippen molar-refractivity contribution in [2.75, 3.05) is 13.1 Å². The van der Waals surface area contributed by atoms with Crippen molar-refractivity contribution in [2.24, 2.45) is 0 Å². The summed E-state index contributed by atoms with van der Waals surface area (Å²) in [5.74, 6) is 0.772. The SMILES string of the molecule is Cc1cccc([C@@H]2CCCN(C(=O)CCCn3cccn3)C2)c1. The smallest absolute Gasteiger partial charge is 0.222 e. The molecule has 2 heterocycles. The van der Waals surface area contributed by atoms with Crippen LogP contribution in [0.15, 0.2) is 42.7 Å². The van der Waals surface area contributed by atoms with E-state index in [2.05, 4.69) is 41.2 Å². The van der Waals surface area contributed by atoms with Gasteiger partial charge in [-0.05, 0) is 37.8 Å². The average molecular weight is 311 g/mol. The van der Waals surface area contributed by atoms with E-state index in [-0.39, 0.29) is 5.91 Å². The van der Waals surface area contributed by atoms with E-state index in [0.717, 1.165) is 32.5 Å². The van der Waals surface area contributed by atoms with Gasteiger partial charge in [-0.3, -0.25) is 9.48 Å². The zero-order valence-corrected chi connectivity index (χ0v) is 13.8. The van der Waals surface area contributed by atoms with Crippen molar-refractivity contribution in [3.05, 3.63) is 53.9 Å². The first-order chi connectivity index (χ1) is 11.2. The average Bonchev–Trinajstić information content (AvgIpc) is 3.08. The number of nitrogens with zero attached hydrogens (tertiary/aromatic N) is 3. The quantitative estimate of drug-likeness (QED) is 0.849. The fourth-order valence-electron chi connectivity index (χ4n) is 3.38. The molecule has 1 fully saturated rings. The second-order valence-electron chi connectivity index (χ2n) is 6.47. The summed E-state index contributed by atoms with van der Waals surface area (Å²) in [4.78, 5) is 14.5. The number of benzene rings is 1. The Kier molecular flexibility index (Phi) is 5.11. The highest BCUT2D eigenvalue weighted by atomic mass is 16.2. The number of hydrogen-bond donors (Lipinski definition) is 0. The Morgan fingerprint density at radius 1 is 1.35 bits per heavy atom. The monoisotopic (exact) mass is 311 g/mol. The Bertz CT molecular complexity index is 636. The van der Waals surface area contributed by atoms with Crippen LogP contribution in [0, 0.1) is 6.92 Å². The largest absolute Gasteiger partial charge is 0.342 e. The van der Waals surface area contributed by atoms with E-state index in [4.69, 9.17) is 0 Å². The topological polar surface area (TPSA) is 38.1 Å². The molecule has 4 heteroatoms. The van der Waals surface area contributed by atoms with Crippen molar-refractivity contribution in [1.82, 2.24) is 14.7 Å². The zero-order chi connectivity index (χ0) is 16.1. The lowest BCUT2D eigenvalue weighted by atomic mass is 9.89. The lowest BCUT2D eigenvalue weighted by molar-refractivity contribution is -0.132. The minimum Gasteiger partial charge on any atom is -0.342 e. The van der Waals surface area contributed by atoms with Crippen molar-refractivity contribution in [2.45, 2.75) is 45.1 Å². The fourth-order valence-corrected chi connectivity index (χ4v) is 3.38. The van der Waals surface area contributed by atoms with Crippen LogP contribution in [-0.2, 0) is 11.3 Å². The number of aryl methyl sites for hydroxylation is 2. The second-order valence-corrected chi connectivity index (χ2v) is 6.47. The Hall–Kier alpha value is -2.10. The highest BCUT2D eigenvalue weighted by Gasteiger charge is 2.24. The van der Waals surface area contributed by atoms with Gasteiger partial charge in [0.2, 0.25) is 5.91 Å². The summed E-state index contributed by atoms with van der Waals surface area (Å²) < 4.78 is 1.89. The summed E-state index contributed by atoms with van der Waals surface area (Å²) in [6.07, 6.45) is 7.47. The third-order valence-corrected chi connectivity index (χ3v) is 4.62. The van der Waals surface area contributed by atoms with Crippen molar-refractivity contribution < 1.29 is 4.79 Å². The van der Waals surface area contributed by atoms with Crippen LogP contribution in [0.3, 0.4) is 0 Å². The zero-order valence-electron chi connectivity index (χ0n) is 13.8. The maximum atomic E-state index is 12.5. The number of carbonyl (C=O) groups excluding carboxylic acids is 1. The molecule has 122 valence electrons. The van der Waals surface area contributed by atoms with E-state index in [1.807, 2.05) is 16.9 Å². The molecule has 0 saturated carbocycles. The summed E-state index contributed by atoms with van der Waals surface area (Å²) in [7, 11) is 0. The Balaban J connectivity index is 1.52. The molecule has 1 atom stereocenters. The number of hydrogen-bond acceptors (Lipinski definition) is 2. The predicted molar refractivity (Wildman–Crippen MR) is 91.2 cm³/mol. The van der Waals surface area contributed by atoms with Crippen molar-refractivity contribution >= 4 is 5.91 Å². The van der Waals surface area contributed by atoms with Crippen LogP contribution >= 0.6 is 0 Å². The molecule has 0 spiro atoms. The molecule has 0 bridgehead atoms. The van der Waals surface area contributed by atoms with Crippen LogP contribution in [-0.4, -0.2) is 33.7 Å². The summed E-state index contributed by atoms with van der Waals surface area (Å²) in [5, 5.41) is 4.18. The van der Waals surface area contributed by atoms with Crippen LogP contribution in [0.1, 0.15) is 42.7 Å². The lowest BCUT2D eigenvalue weighted by Crippen LogP contribution is -2.39. The van der Waals surface area contributed by atoms with Gasteiger partial charge in [-0.2, -0.15) is 5.10 Å². The molecule has 1 aromatic carbocycles. The molecule has 0 unspecified atom stereocenters. The third kappa shape index (κ3) is 4.21. The number of aromatic nitrogens is 2. The first kappa shape index (κ1) is 15.8. The highest BCUT2D eigenvalue weighted by molar-refractivity contribution is 5.76. The van der Waals surface area contributed by atoms with Gasteiger partial charge in [-0.25, -0.2) is 0 Å². The Labute approximate surface area is 138 Å². The molecule has 1 aromatic heterocycles. The predicted octanol–water partition coefficient (Wildman–Crippen LogP) is 3.38. The van der Waals surface area contributed by atoms with E-state index in [1.165, 1.54) is 17.5 Å². The maximum Gasteiger partial charge on any atom is 0.222 e. The third-order valence-electron chi connectivity index (χ3n) is 4.62. The molecule has 0 aliphatic carbocycles. The second kappa shape index (κ2) is 7.44. The van der Waals surface area contributed by atoms with Gasteiger partial charge in [0, 0.05) is 44.4 Å². The first-order valence-corrected chi connectivity index (χ1v) is 8.54. The standard InChI is InChI=1S/C19H25N3O/c1-16-6-2-7-17(14-16)18-8-3-11-21(15-18)19(23)9-4-12-22-13-5-10-20-22/h2,5-7,10,13-14,18H,3-4,8-9,11-12,15H2,1H3/t18-/m1/s1. The molecular weight excluding hydrogens is 286 g/mol. The minimum atomic E-state index is 0.287. The van der Waals surface area contributed by atoms with Crippen LogP contribution in [0.2, 0.25) is 0 Å². The summed E-state index contributed by atoms with van der Waals surface area (Å²) in [6.45, 7) is 4.71. The number of amides is 1. The van der Waals surface area contributed by atoms with Gasteiger partial charge in [0.05, 0.1) is 0 Å². The number of rotatable bonds is 5. The van der Waals surface area contributed by atoms with Crippen molar-refractivity contribution in [3.63, 3.8) is 0 Å². The molecule has 2 aromatic rings. The van der Waals surface area contributed by atoms with E-state index < -0.39 is 0 Å². The van der Waals surface area contributed by atoms with Gasteiger partial charge in [-0.15, -0.1) is 0 Å². The summed E-state index contributed by atoms with van der Waals surface area (Å²) in [5.41, 5.74) is 2.67. The van der Waals surface area contributed by atoms with Crippen LogP contribution < -0.4 is 0 Å². The van der Waals surface area contributed by atoms with E-state index in [0.29, 0.717) is 12.3 Å². The molecule has 1 aliphatic rings.